The molecule has 2 aromatic rings. The molecule has 0 aliphatic heterocycles. The molecular formula is C18H18ClF2NO. The minimum Gasteiger partial charge on any atom is -0.349 e. The summed E-state index contributed by atoms with van der Waals surface area (Å²) in [5, 5.41) is 3.39. The SMILES string of the molecule is Cc1ccc(CCC(=O)N[C@H](C)c2ccc(F)cc2F)cc1Cl. The van der Waals surface area contributed by atoms with E-state index in [9.17, 15) is 13.6 Å². The van der Waals surface area contributed by atoms with Gasteiger partial charge in [0.05, 0.1) is 6.04 Å². The van der Waals surface area contributed by atoms with Crippen molar-refractivity contribution in [3.8, 4) is 0 Å². The van der Waals surface area contributed by atoms with Crippen molar-refractivity contribution in [2.24, 2.45) is 0 Å². The van der Waals surface area contributed by atoms with Gasteiger partial charge in [-0.3, -0.25) is 4.79 Å². The number of amides is 1. The van der Waals surface area contributed by atoms with E-state index < -0.39 is 17.7 Å². The molecule has 1 amide bonds. The molecule has 0 saturated carbocycles. The zero-order chi connectivity index (χ0) is 17.0. The fourth-order valence-corrected chi connectivity index (χ4v) is 2.50. The van der Waals surface area contributed by atoms with Crippen LogP contribution in [0.25, 0.3) is 0 Å². The third-order valence-electron chi connectivity index (χ3n) is 3.68. The minimum absolute atomic E-state index is 0.196. The van der Waals surface area contributed by atoms with E-state index in [4.69, 9.17) is 11.6 Å². The van der Waals surface area contributed by atoms with Gasteiger partial charge in [-0.25, -0.2) is 8.78 Å². The highest BCUT2D eigenvalue weighted by Crippen LogP contribution is 2.19. The Morgan fingerprint density at radius 3 is 2.61 bits per heavy atom. The number of carbonyl (C=O) groups is 1. The molecule has 2 rings (SSSR count). The summed E-state index contributed by atoms with van der Waals surface area (Å²) in [7, 11) is 0. The monoisotopic (exact) mass is 337 g/mol. The van der Waals surface area contributed by atoms with Crippen molar-refractivity contribution in [3.05, 3.63) is 69.7 Å². The summed E-state index contributed by atoms with van der Waals surface area (Å²) in [6.07, 6.45) is 0.816. The molecule has 0 spiro atoms. The van der Waals surface area contributed by atoms with Crippen molar-refractivity contribution in [1.82, 2.24) is 5.32 Å². The Morgan fingerprint density at radius 2 is 1.96 bits per heavy atom. The molecule has 0 aliphatic rings. The van der Waals surface area contributed by atoms with Crippen LogP contribution in [-0.2, 0) is 11.2 Å². The number of halogens is 3. The number of aryl methyl sites for hydroxylation is 2. The molecular weight excluding hydrogens is 320 g/mol. The van der Waals surface area contributed by atoms with E-state index in [1.165, 1.54) is 12.1 Å². The van der Waals surface area contributed by atoms with Gasteiger partial charge < -0.3 is 5.32 Å². The van der Waals surface area contributed by atoms with Crippen molar-refractivity contribution >= 4 is 17.5 Å². The molecule has 1 N–H and O–H groups in total. The maximum absolute atomic E-state index is 13.7. The third kappa shape index (κ3) is 4.76. The van der Waals surface area contributed by atoms with Gasteiger partial charge in [0, 0.05) is 23.1 Å². The van der Waals surface area contributed by atoms with Gasteiger partial charge in [-0.1, -0.05) is 29.8 Å². The summed E-state index contributed by atoms with van der Waals surface area (Å²) < 4.78 is 26.6. The molecule has 122 valence electrons. The van der Waals surface area contributed by atoms with Crippen LogP contribution in [0.5, 0.6) is 0 Å². The predicted molar refractivity (Wildman–Crippen MR) is 87.4 cm³/mol. The maximum Gasteiger partial charge on any atom is 0.220 e. The Morgan fingerprint density at radius 1 is 1.22 bits per heavy atom. The lowest BCUT2D eigenvalue weighted by Gasteiger charge is -2.15. The topological polar surface area (TPSA) is 29.1 Å². The lowest BCUT2D eigenvalue weighted by Crippen LogP contribution is -2.27. The van der Waals surface area contributed by atoms with Crippen LogP contribution in [0.1, 0.15) is 36.1 Å². The van der Waals surface area contributed by atoms with Crippen LogP contribution in [0.3, 0.4) is 0 Å². The van der Waals surface area contributed by atoms with E-state index in [1.807, 2.05) is 25.1 Å². The van der Waals surface area contributed by atoms with Gasteiger partial charge in [0.2, 0.25) is 5.91 Å². The first-order chi connectivity index (χ1) is 10.9. The Balaban J connectivity index is 1.92. The van der Waals surface area contributed by atoms with Crippen LogP contribution in [0.4, 0.5) is 8.78 Å². The van der Waals surface area contributed by atoms with Crippen molar-refractivity contribution < 1.29 is 13.6 Å². The van der Waals surface area contributed by atoms with E-state index in [0.29, 0.717) is 11.4 Å². The predicted octanol–water partition coefficient (Wildman–Crippen LogP) is 4.74. The molecule has 0 saturated heterocycles. The van der Waals surface area contributed by atoms with Gasteiger partial charge in [0.15, 0.2) is 0 Å². The summed E-state index contributed by atoms with van der Waals surface area (Å²) in [6, 6.07) is 8.48. The molecule has 0 heterocycles. The number of rotatable bonds is 5. The fourth-order valence-electron chi connectivity index (χ4n) is 2.29. The average molecular weight is 338 g/mol. The summed E-state index contributed by atoms with van der Waals surface area (Å²) >= 11 is 6.05. The first kappa shape index (κ1) is 17.4. The molecule has 0 fully saturated rings. The summed E-state index contributed by atoms with van der Waals surface area (Å²) in [6.45, 7) is 3.58. The number of carbonyl (C=O) groups excluding carboxylic acids is 1. The maximum atomic E-state index is 13.7. The van der Waals surface area contributed by atoms with Gasteiger partial charge in [-0.15, -0.1) is 0 Å². The molecule has 2 aromatic carbocycles. The van der Waals surface area contributed by atoms with E-state index in [2.05, 4.69) is 5.32 Å². The van der Waals surface area contributed by atoms with Gasteiger partial charge in [0.25, 0.3) is 0 Å². The molecule has 5 heteroatoms. The molecule has 2 nitrogen and oxygen atoms in total. The largest absolute Gasteiger partial charge is 0.349 e. The molecule has 0 aromatic heterocycles. The van der Waals surface area contributed by atoms with Crippen molar-refractivity contribution in [1.29, 1.82) is 0 Å². The Labute approximate surface area is 139 Å². The van der Waals surface area contributed by atoms with Crippen LogP contribution < -0.4 is 5.32 Å². The van der Waals surface area contributed by atoms with Gasteiger partial charge >= 0.3 is 0 Å². The van der Waals surface area contributed by atoms with E-state index in [-0.39, 0.29) is 17.9 Å². The molecule has 0 radical (unpaired) electrons. The Bertz CT molecular complexity index is 718. The molecule has 0 aliphatic carbocycles. The zero-order valence-corrected chi connectivity index (χ0v) is 13.8. The van der Waals surface area contributed by atoms with Gasteiger partial charge in [-0.2, -0.15) is 0 Å². The van der Waals surface area contributed by atoms with Crippen LogP contribution in [0.2, 0.25) is 5.02 Å². The van der Waals surface area contributed by atoms with Crippen LogP contribution in [0.15, 0.2) is 36.4 Å². The van der Waals surface area contributed by atoms with Crippen molar-refractivity contribution in [2.45, 2.75) is 32.7 Å². The zero-order valence-electron chi connectivity index (χ0n) is 13.0. The van der Waals surface area contributed by atoms with E-state index >= 15 is 0 Å². The lowest BCUT2D eigenvalue weighted by molar-refractivity contribution is -0.121. The summed E-state index contributed by atoms with van der Waals surface area (Å²) in [5.74, 6) is -1.50. The molecule has 23 heavy (non-hydrogen) atoms. The smallest absolute Gasteiger partial charge is 0.220 e. The minimum atomic E-state index is -0.664. The lowest BCUT2D eigenvalue weighted by atomic mass is 10.1. The van der Waals surface area contributed by atoms with E-state index in [0.717, 1.165) is 17.2 Å². The molecule has 1 atom stereocenters. The second-order valence-electron chi connectivity index (χ2n) is 5.54. The van der Waals surface area contributed by atoms with Crippen LogP contribution in [0, 0.1) is 18.6 Å². The normalized spacial score (nSPS) is 12.0. The number of hydrogen-bond acceptors (Lipinski definition) is 1. The van der Waals surface area contributed by atoms with Crippen molar-refractivity contribution in [2.75, 3.05) is 0 Å². The number of nitrogens with one attached hydrogen (secondary N) is 1. The summed E-state index contributed by atoms with van der Waals surface area (Å²) in [4.78, 5) is 12.0. The van der Waals surface area contributed by atoms with Crippen LogP contribution in [-0.4, -0.2) is 5.91 Å². The van der Waals surface area contributed by atoms with Crippen molar-refractivity contribution in [3.63, 3.8) is 0 Å². The Kier molecular flexibility index (Phi) is 5.72. The molecule has 0 unspecified atom stereocenters. The first-order valence-corrected chi connectivity index (χ1v) is 7.74. The highest BCUT2D eigenvalue weighted by atomic mass is 35.5. The highest BCUT2D eigenvalue weighted by Gasteiger charge is 2.14. The van der Waals surface area contributed by atoms with Gasteiger partial charge in [-0.05, 0) is 43.5 Å². The standard InChI is InChI=1S/C18H18ClF2NO/c1-11-3-4-13(9-16(11)19)5-8-18(23)22-12(2)15-7-6-14(20)10-17(15)21/h3-4,6-7,9-10,12H,5,8H2,1-2H3,(H,22,23)/t12-/m1/s1. The second kappa shape index (κ2) is 7.55. The first-order valence-electron chi connectivity index (χ1n) is 7.36. The quantitative estimate of drug-likeness (QED) is 0.839. The third-order valence-corrected chi connectivity index (χ3v) is 4.09. The second-order valence-corrected chi connectivity index (χ2v) is 5.95. The number of benzene rings is 2. The summed E-state index contributed by atoms with van der Waals surface area (Å²) in [5.41, 5.74) is 2.22. The van der Waals surface area contributed by atoms with Gasteiger partial charge in [0.1, 0.15) is 11.6 Å². The van der Waals surface area contributed by atoms with E-state index in [1.54, 1.807) is 6.92 Å². The molecule has 0 bridgehead atoms. The highest BCUT2D eigenvalue weighted by molar-refractivity contribution is 6.31. The fraction of sp³-hybridized carbons (Fsp3) is 0.278. The Hall–Kier alpha value is -1.94. The average Bonchev–Trinajstić information content (AvgIpc) is 2.48. The number of hydrogen-bond donors (Lipinski definition) is 1. The van der Waals surface area contributed by atoms with Crippen LogP contribution >= 0.6 is 11.6 Å².